The van der Waals surface area contributed by atoms with Gasteiger partial charge in [0.2, 0.25) is 0 Å². The van der Waals surface area contributed by atoms with Crippen LogP contribution in [-0.4, -0.2) is 42.3 Å². The molecule has 1 aromatic heterocycles. The Hall–Kier alpha value is -3.35. The molecule has 6 nitrogen and oxygen atoms in total. The molecule has 0 amide bonds. The predicted molar refractivity (Wildman–Crippen MR) is 119 cm³/mol. The zero-order valence-electron chi connectivity index (χ0n) is 19.9. The van der Waals surface area contributed by atoms with Crippen LogP contribution in [0.2, 0.25) is 0 Å². The van der Waals surface area contributed by atoms with Gasteiger partial charge < -0.3 is 19.5 Å². The van der Waals surface area contributed by atoms with Crippen LogP contribution in [0.25, 0.3) is 10.9 Å². The van der Waals surface area contributed by atoms with Gasteiger partial charge in [-0.2, -0.15) is 13.2 Å². The second-order valence-electron chi connectivity index (χ2n) is 8.53. The summed E-state index contributed by atoms with van der Waals surface area (Å²) in [6, 6.07) is 2.65. The number of ether oxygens (including phenoxy) is 3. The van der Waals surface area contributed by atoms with Crippen LogP contribution >= 0.6 is 0 Å². The van der Waals surface area contributed by atoms with E-state index in [4.69, 9.17) is 14.2 Å². The zero-order valence-corrected chi connectivity index (χ0v) is 19.9. The summed E-state index contributed by atoms with van der Waals surface area (Å²) in [5.41, 5.74) is -1.89. The standard InChI is InChI=1S/C24H22F7N3O3/c1-11(14-6-13(25)7-16(21(14)26)24(29,30)31)32-22-15-8-19(36-4-5-37-20-10-23(20,27)28)18(35-3)9-17(15)33-12(2)34-22/h6-9,11,20H,4-5,10H2,1-3H3,(H,32,33,34)/t11-,20?/m1/s1. The van der Waals surface area contributed by atoms with E-state index in [1.54, 1.807) is 6.92 Å². The summed E-state index contributed by atoms with van der Waals surface area (Å²) in [6.45, 7) is 2.75. The van der Waals surface area contributed by atoms with Gasteiger partial charge in [-0.1, -0.05) is 0 Å². The van der Waals surface area contributed by atoms with E-state index in [0.717, 1.165) is 0 Å². The van der Waals surface area contributed by atoms with E-state index in [1.807, 2.05) is 0 Å². The van der Waals surface area contributed by atoms with E-state index >= 15 is 0 Å². The van der Waals surface area contributed by atoms with E-state index in [0.29, 0.717) is 17.0 Å². The molecule has 3 aromatic rings. The Kier molecular flexibility index (Phi) is 7.10. The molecule has 13 heteroatoms. The zero-order chi connectivity index (χ0) is 27.1. The average molecular weight is 533 g/mol. The molecule has 2 aromatic carbocycles. The number of fused-ring (bicyclic) bond motifs is 1. The molecule has 1 heterocycles. The highest BCUT2D eigenvalue weighted by Gasteiger charge is 2.58. The molecule has 200 valence electrons. The van der Waals surface area contributed by atoms with Crippen LogP contribution in [0.15, 0.2) is 24.3 Å². The first kappa shape index (κ1) is 26.7. The molecule has 2 atom stereocenters. The number of hydrogen-bond donors (Lipinski definition) is 1. The molecule has 1 aliphatic rings. The molecular formula is C24H22F7N3O3. The van der Waals surface area contributed by atoms with Crippen LogP contribution in [0.5, 0.6) is 11.5 Å². The van der Waals surface area contributed by atoms with Crippen molar-refractivity contribution in [2.24, 2.45) is 0 Å². The minimum atomic E-state index is -5.08. The Morgan fingerprint density at radius 1 is 1.08 bits per heavy atom. The Morgan fingerprint density at radius 3 is 2.41 bits per heavy atom. The Bertz CT molecular complexity index is 1320. The van der Waals surface area contributed by atoms with Crippen LogP contribution in [0.1, 0.15) is 36.3 Å². The minimum absolute atomic E-state index is 0.0744. The SMILES string of the molecule is COc1cc2nc(C)nc(N[C@H](C)c3cc(F)cc(C(F)(F)F)c3F)c2cc1OCCOC1CC1(F)F. The van der Waals surface area contributed by atoms with Crippen LogP contribution in [-0.2, 0) is 10.9 Å². The summed E-state index contributed by atoms with van der Waals surface area (Å²) < 4.78 is 110. The highest BCUT2D eigenvalue weighted by molar-refractivity contribution is 5.92. The number of aromatic nitrogens is 2. The first-order chi connectivity index (χ1) is 17.3. The fourth-order valence-electron chi connectivity index (χ4n) is 3.76. The molecule has 37 heavy (non-hydrogen) atoms. The van der Waals surface area contributed by atoms with Gasteiger partial charge in [0.1, 0.15) is 36.0 Å². The van der Waals surface area contributed by atoms with E-state index in [-0.39, 0.29) is 48.8 Å². The fourth-order valence-corrected chi connectivity index (χ4v) is 3.76. The van der Waals surface area contributed by atoms with Crippen LogP contribution in [0, 0.1) is 18.6 Å². The quantitative estimate of drug-likeness (QED) is 0.260. The van der Waals surface area contributed by atoms with Crippen molar-refractivity contribution in [3.63, 3.8) is 0 Å². The molecule has 0 aliphatic heterocycles. The first-order valence-corrected chi connectivity index (χ1v) is 11.1. The highest BCUT2D eigenvalue weighted by Crippen LogP contribution is 2.44. The van der Waals surface area contributed by atoms with Crippen molar-refractivity contribution in [2.75, 3.05) is 25.6 Å². The number of rotatable bonds is 9. The highest BCUT2D eigenvalue weighted by atomic mass is 19.4. The van der Waals surface area contributed by atoms with Crippen LogP contribution in [0.4, 0.5) is 36.6 Å². The van der Waals surface area contributed by atoms with Crippen LogP contribution in [0.3, 0.4) is 0 Å². The lowest BCUT2D eigenvalue weighted by atomic mass is 10.0. The lowest BCUT2D eigenvalue weighted by Crippen LogP contribution is -2.16. The minimum Gasteiger partial charge on any atom is -0.493 e. The molecule has 0 spiro atoms. The Labute approximate surface area is 206 Å². The van der Waals surface area contributed by atoms with Crippen molar-refractivity contribution < 1.29 is 44.9 Å². The van der Waals surface area contributed by atoms with Gasteiger partial charge in [-0.3, -0.25) is 0 Å². The molecule has 0 bridgehead atoms. The number of aryl methyl sites for hydroxylation is 1. The number of benzene rings is 2. The van der Waals surface area contributed by atoms with Gasteiger partial charge in [-0.05, 0) is 32.0 Å². The second-order valence-corrected chi connectivity index (χ2v) is 8.53. The van der Waals surface area contributed by atoms with E-state index in [9.17, 15) is 30.7 Å². The summed E-state index contributed by atoms with van der Waals surface area (Å²) in [7, 11) is 1.38. The largest absolute Gasteiger partial charge is 0.493 e. The van der Waals surface area contributed by atoms with Gasteiger partial charge in [0.05, 0.1) is 30.8 Å². The van der Waals surface area contributed by atoms with E-state index in [2.05, 4.69) is 15.3 Å². The molecular weight excluding hydrogens is 511 g/mol. The van der Waals surface area contributed by atoms with E-state index < -0.39 is 47.0 Å². The predicted octanol–water partition coefficient (Wildman–Crippen LogP) is 6.22. The Balaban J connectivity index is 1.62. The third-order valence-electron chi connectivity index (χ3n) is 5.71. The molecule has 0 radical (unpaired) electrons. The normalized spacial score (nSPS) is 17.5. The maximum absolute atomic E-state index is 14.7. The number of methoxy groups -OCH3 is 1. The number of hydrogen-bond acceptors (Lipinski definition) is 6. The van der Waals surface area contributed by atoms with Gasteiger partial charge in [-0.25, -0.2) is 27.5 Å². The third kappa shape index (κ3) is 5.81. The summed E-state index contributed by atoms with van der Waals surface area (Å²) >= 11 is 0. The van der Waals surface area contributed by atoms with E-state index in [1.165, 1.54) is 26.2 Å². The number of nitrogens with zero attached hydrogens (tertiary/aromatic N) is 2. The average Bonchev–Trinajstić information content (AvgIpc) is 3.42. The molecule has 1 saturated carbocycles. The summed E-state index contributed by atoms with van der Waals surface area (Å²) in [4.78, 5) is 8.58. The lowest BCUT2D eigenvalue weighted by molar-refractivity contribution is -0.140. The van der Waals surface area contributed by atoms with Crippen LogP contribution < -0.4 is 14.8 Å². The molecule has 0 saturated heterocycles. The second kappa shape index (κ2) is 9.84. The molecule has 1 fully saturated rings. The summed E-state index contributed by atoms with van der Waals surface area (Å²) in [6.07, 6.45) is -6.56. The molecule has 1 unspecified atom stereocenters. The fraction of sp³-hybridized carbons (Fsp3) is 0.417. The molecule has 4 rings (SSSR count). The summed E-state index contributed by atoms with van der Waals surface area (Å²) in [5.74, 6) is -4.80. The maximum atomic E-state index is 14.7. The molecule has 1 aliphatic carbocycles. The van der Waals surface area contributed by atoms with Gasteiger partial charge in [0.25, 0.3) is 5.92 Å². The van der Waals surface area contributed by atoms with Gasteiger partial charge in [-0.15, -0.1) is 0 Å². The number of anilines is 1. The number of halogens is 7. The van der Waals surface area contributed by atoms with Gasteiger partial charge >= 0.3 is 6.18 Å². The first-order valence-electron chi connectivity index (χ1n) is 11.1. The van der Waals surface area contributed by atoms with Gasteiger partial charge in [0, 0.05) is 23.4 Å². The van der Waals surface area contributed by atoms with Gasteiger partial charge in [0.15, 0.2) is 11.5 Å². The lowest BCUT2D eigenvalue weighted by Gasteiger charge is -2.20. The van der Waals surface area contributed by atoms with Crippen molar-refractivity contribution in [3.8, 4) is 11.5 Å². The van der Waals surface area contributed by atoms with Crippen molar-refractivity contribution >= 4 is 16.7 Å². The number of alkyl halides is 5. The maximum Gasteiger partial charge on any atom is 0.419 e. The smallest absolute Gasteiger partial charge is 0.419 e. The third-order valence-corrected chi connectivity index (χ3v) is 5.71. The monoisotopic (exact) mass is 533 g/mol. The Morgan fingerprint density at radius 2 is 1.78 bits per heavy atom. The topological polar surface area (TPSA) is 65.5 Å². The number of nitrogens with one attached hydrogen (secondary N) is 1. The van der Waals surface area contributed by atoms with Crippen molar-refractivity contribution in [2.45, 2.75) is 44.5 Å². The van der Waals surface area contributed by atoms with Crippen molar-refractivity contribution in [1.82, 2.24) is 9.97 Å². The van der Waals surface area contributed by atoms with Crippen molar-refractivity contribution in [1.29, 1.82) is 0 Å². The van der Waals surface area contributed by atoms with Crippen molar-refractivity contribution in [3.05, 3.63) is 52.9 Å². The molecule has 1 N–H and O–H groups in total. The summed E-state index contributed by atoms with van der Waals surface area (Å²) in [5, 5.41) is 3.17.